The lowest BCUT2D eigenvalue weighted by Crippen LogP contribution is -2.13. The zero-order chi connectivity index (χ0) is 18.6. The van der Waals surface area contributed by atoms with Crippen LogP contribution in [0.1, 0.15) is 5.76 Å². The molecule has 5 nitrogen and oxygen atoms in total. The van der Waals surface area contributed by atoms with E-state index in [0.717, 1.165) is 15.2 Å². The van der Waals surface area contributed by atoms with Crippen LogP contribution < -0.4 is 5.32 Å². The topological polar surface area (TPSA) is 78.9 Å². The number of benzene rings is 2. The summed E-state index contributed by atoms with van der Waals surface area (Å²) in [6, 6.07) is 22.2. The summed E-state index contributed by atoms with van der Waals surface area (Å²) in [4.78, 5) is 16.8. The van der Waals surface area contributed by atoms with E-state index in [2.05, 4.69) is 10.3 Å². The van der Waals surface area contributed by atoms with Crippen LogP contribution in [0.15, 0.2) is 76.7 Å². The molecule has 27 heavy (non-hydrogen) atoms. The van der Waals surface area contributed by atoms with E-state index in [0.29, 0.717) is 17.2 Å². The number of furan rings is 1. The van der Waals surface area contributed by atoms with Crippen LogP contribution in [0.3, 0.4) is 0 Å². The van der Waals surface area contributed by atoms with E-state index >= 15 is 0 Å². The number of hydrogen-bond donors (Lipinski definition) is 1. The molecule has 4 rings (SSSR count). The van der Waals surface area contributed by atoms with E-state index in [1.807, 2.05) is 48.5 Å². The number of carbonyl (C=O) groups is 1. The maximum absolute atomic E-state index is 12.3. The number of para-hydroxylation sites is 2. The molecule has 2 aromatic heterocycles. The number of rotatable bonds is 4. The van der Waals surface area contributed by atoms with Crippen LogP contribution in [-0.2, 0) is 4.79 Å². The molecular weight excluding hydrogens is 358 g/mol. The second kappa shape index (κ2) is 7.28. The minimum Gasteiger partial charge on any atom is -0.454 e. The molecule has 0 spiro atoms. The molecule has 2 heterocycles. The monoisotopic (exact) mass is 371 g/mol. The fourth-order valence-corrected chi connectivity index (χ4v) is 3.46. The normalized spacial score (nSPS) is 11.3. The first-order chi connectivity index (χ1) is 13.2. The van der Waals surface area contributed by atoms with E-state index in [1.54, 1.807) is 24.3 Å². The van der Waals surface area contributed by atoms with Gasteiger partial charge in [0.2, 0.25) is 0 Å². The molecule has 2 aromatic carbocycles. The van der Waals surface area contributed by atoms with Crippen LogP contribution >= 0.6 is 11.3 Å². The number of fused-ring (bicyclic) bond motifs is 1. The molecule has 0 radical (unpaired) electrons. The van der Waals surface area contributed by atoms with Gasteiger partial charge in [0, 0.05) is 11.8 Å². The van der Waals surface area contributed by atoms with Crippen molar-refractivity contribution < 1.29 is 9.21 Å². The quantitative estimate of drug-likeness (QED) is 0.400. The number of hydrogen-bond acceptors (Lipinski definition) is 5. The van der Waals surface area contributed by atoms with Gasteiger partial charge in [0.1, 0.15) is 17.4 Å². The van der Waals surface area contributed by atoms with Crippen molar-refractivity contribution in [2.45, 2.75) is 0 Å². The minimum atomic E-state index is -0.485. The number of anilines is 1. The summed E-state index contributed by atoms with van der Waals surface area (Å²) >= 11 is 1.53. The summed E-state index contributed by atoms with van der Waals surface area (Å²) in [5.41, 5.74) is 1.49. The van der Waals surface area contributed by atoms with Gasteiger partial charge >= 0.3 is 0 Å². The highest BCUT2D eigenvalue weighted by Gasteiger charge is 2.13. The molecule has 0 atom stereocenters. The number of amides is 1. The highest BCUT2D eigenvalue weighted by atomic mass is 32.1. The van der Waals surface area contributed by atoms with Crippen LogP contribution in [-0.4, -0.2) is 10.9 Å². The van der Waals surface area contributed by atoms with E-state index < -0.39 is 5.91 Å². The van der Waals surface area contributed by atoms with Crippen molar-refractivity contribution in [2.75, 3.05) is 5.32 Å². The summed E-state index contributed by atoms with van der Waals surface area (Å²) < 4.78 is 6.84. The highest BCUT2D eigenvalue weighted by molar-refractivity contribution is 7.21. The summed E-state index contributed by atoms with van der Waals surface area (Å²) in [5, 5.41) is 12.8. The molecule has 6 heteroatoms. The van der Waals surface area contributed by atoms with Gasteiger partial charge in [-0.3, -0.25) is 4.79 Å². The van der Waals surface area contributed by atoms with Crippen LogP contribution in [0, 0.1) is 11.3 Å². The molecular formula is C21H13N3O2S. The van der Waals surface area contributed by atoms with Crippen molar-refractivity contribution in [1.82, 2.24) is 4.98 Å². The van der Waals surface area contributed by atoms with E-state index in [1.165, 1.54) is 17.4 Å². The number of nitrogens with zero attached hydrogens (tertiary/aromatic N) is 2. The Balaban J connectivity index is 1.58. The predicted octanol–water partition coefficient (Wildman–Crippen LogP) is 5.10. The molecule has 4 aromatic rings. The zero-order valence-electron chi connectivity index (χ0n) is 14.0. The molecule has 1 N–H and O–H groups in total. The Morgan fingerprint density at radius 3 is 2.63 bits per heavy atom. The summed E-state index contributed by atoms with van der Waals surface area (Å²) in [5.74, 6) is 0.536. The van der Waals surface area contributed by atoms with Crippen molar-refractivity contribution in [3.63, 3.8) is 0 Å². The van der Waals surface area contributed by atoms with Gasteiger partial charge in [-0.1, -0.05) is 30.3 Å². The molecule has 0 fully saturated rings. The molecule has 0 aliphatic rings. The first-order valence-corrected chi connectivity index (χ1v) is 8.98. The van der Waals surface area contributed by atoms with Crippen molar-refractivity contribution in [1.29, 1.82) is 5.26 Å². The highest BCUT2D eigenvalue weighted by Crippen LogP contribution is 2.31. The Hall–Kier alpha value is -3.69. The number of thiazole rings is 1. The van der Waals surface area contributed by atoms with E-state index in [9.17, 15) is 10.1 Å². The van der Waals surface area contributed by atoms with Crippen LogP contribution in [0.4, 0.5) is 5.69 Å². The molecule has 0 unspecified atom stereocenters. The molecule has 0 bridgehead atoms. The lowest BCUT2D eigenvalue weighted by Gasteiger charge is -2.02. The standard InChI is InChI=1S/C21H13N3O2S/c22-13-14(20(25)23-15-6-2-1-3-7-15)12-16-10-11-18(26-16)21-24-17-8-4-5-9-19(17)27-21/h1-12H,(H,23,25). The molecule has 130 valence electrons. The molecule has 0 saturated carbocycles. The number of nitrogens with one attached hydrogen (secondary N) is 1. The Morgan fingerprint density at radius 2 is 1.85 bits per heavy atom. The SMILES string of the molecule is N#CC(=Cc1ccc(-c2nc3ccccc3s2)o1)C(=O)Nc1ccccc1. The van der Waals surface area contributed by atoms with Gasteiger partial charge in [0.25, 0.3) is 5.91 Å². The maximum Gasteiger partial charge on any atom is 0.266 e. The summed E-state index contributed by atoms with van der Waals surface area (Å²) in [7, 11) is 0. The van der Waals surface area contributed by atoms with Gasteiger partial charge in [-0.2, -0.15) is 5.26 Å². The third kappa shape index (κ3) is 3.64. The van der Waals surface area contributed by atoms with Gasteiger partial charge in [-0.05, 0) is 36.4 Å². The average molecular weight is 371 g/mol. The van der Waals surface area contributed by atoms with E-state index in [-0.39, 0.29) is 5.57 Å². The van der Waals surface area contributed by atoms with E-state index in [4.69, 9.17) is 4.42 Å². The Bertz CT molecular complexity index is 1150. The lowest BCUT2D eigenvalue weighted by molar-refractivity contribution is -0.112. The Morgan fingerprint density at radius 1 is 1.07 bits per heavy atom. The number of aromatic nitrogens is 1. The van der Waals surface area contributed by atoms with Crippen LogP contribution in [0.5, 0.6) is 0 Å². The third-order valence-corrected chi connectivity index (χ3v) is 4.87. The zero-order valence-corrected chi connectivity index (χ0v) is 14.9. The smallest absolute Gasteiger partial charge is 0.266 e. The molecule has 1 amide bonds. The number of nitriles is 1. The van der Waals surface area contributed by atoms with Gasteiger partial charge in [0.15, 0.2) is 10.8 Å². The van der Waals surface area contributed by atoms with Gasteiger partial charge in [-0.25, -0.2) is 4.98 Å². The predicted molar refractivity (Wildman–Crippen MR) is 106 cm³/mol. The Labute approximate surface area is 159 Å². The third-order valence-electron chi connectivity index (χ3n) is 3.81. The van der Waals surface area contributed by atoms with Crippen LogP contribution in [0.2, 0.25) is 0 Å². The van der Waals surface area contributed by atoms with Gasteiger partial charge in [-0.15, -0.1) is 11.3 Å². The van der Waals surface area contributed by atoms with Crippen molar-refractivity contribution in [3.8, 4) is 16.8 Å². The average Bonchev–Trinajstić information content (AvgIpc) is 3.33. The molecule has 0 aliphatic heterocycles. The Kier molecular flexibility index (Phi) is 4.52. The fourth-order valence-electron chi connectivity index (χ4n) is 2.53. The maximum atomic E-state index is 12.3. The van der Waals surface area contributed by atoms with Gasteiger partial charge < -0.3 is 9.73 Å². The van der Waals surface area contributed by atoms with Crippen molar-refractivity contribution in [2.24, 2.45) is 0 Å². The molecule has 0 saturated heterocycles. The van der Waals surface area contributed by atoms with Crippen molar-refractivity contribution >= 4 is 39.2 Å². The fraction of sp³-hybridized carbons (Fsp3) is 0. The van der Waals surface area contributed by atoms with Crippen molar-refractivity contribution in [3.05, 3.63) is 78.1 Å². The second-order valence-corrected chi connectivity index (χ2v) is 6.71. The lowest BCUT2D eigenvalue weighted by atomic mass is 10.2. The molecule has 0 aliphatic carbocycles. The van der Waals surface area contributed by atoms with Crippen LogP contribution in [0.25, 0.3) is 27.1 Å². The van der Waals surface area contributed by atoms with Gasteiger partial charge in [0.05, 0.1) is 10.2 Å². The second-order valence-electron chi connectivity index (χ2n) is 5.68. The minimum absolute atomic E-state index is 0.0379. The first-order valence-electron chi connectivity index (χ1n) is 8.17. The number of carbonyl (C=O) groups excluding carboxylic acids is 1. The first kappa shape index (κ1) is 16.8. The summed E-state index contributed by atoms with van der Waals surface area (Å²) in [6.45, 7) is 0. The summed E-state index contributed by atoms with van der Waals surface area (Å²) in [6.07, 6.45) is 1.43. The largest absolute Gasteiger partial charge is 0.454 e.